The van der Waals surface area contributed by atoms with Crippen LogP contribution in [0, 0.1) is 5.92 Å². The van der Waals surface area contributed by atoms with Crippen LogP contribution < -0.4 is 5.32 Å². The topological polar surface area (TPSA) is 84.9 Å². The highest BCUT2D eigenvalue weighted by Gasteiger charge is 2.31. The predicted molar refractivity (Wildman–Crippen MR) is 103 cm³/mol. The normalized spacial score (nSPS) is 20.9. The van der Waals surface area contributed by atoms with E-state index in [1.165, 1.54) is 11.1 Å². The maximum absolute atomic E-state index is 12.4. The number of benzene rings is 2. The molecular weight excluding hydrogens is 358 g/mol. The Hall–Kier alpha value is -2.86. The predicted octanol–water partition coefficient (Wildman–Crippen LogP) is 3.40. The molecule has 6 nitrogen and oxygen atoms in total. The van der Waals surface area contributed by atoms with Crippen LogP contribution in [0.4, 0.5) is 4.79 Å². The molecule has 2 aliphatic rings. The van der Waals surface area contributed by atoms with Crippen LogP contribution in [0.25, 0.3) is 11.1 Å². The fraction of sp³-hybridized carbons (Fsp3) is 0.364. The van der Waals surface area contributed by atoms with E-state index in [4.69, 9.17) is 14.6 Å². The van der Waals surface area contributed by atoms with E-state index in [-0.39, 0.29) is 30.9 Å². The number of ether oxygens (including phenoxy) is 2. The number of fused-ring (bicyclic) bond motifs is 3. The minimum absolute atomic E-state index is 0.00246. The molecule has 1 aliphatic carbocycles. The Labute approximate surface area is 163 Å². The first-order chi connectivity index (χ1) is 13.6. The lowest BCUT2D eigenvalue weighted by Crippen LogP contribution is -2.46. The number of amides is 1. The molecule has 1 aliphatic heterocycles. The Kier molecular flexibility index (Phi) is 5.30. The van der Waals surface area contributed by atoms with Gasteiger partial charge in [0.25, 0.3) is 0 Å². The van der Waals surface area contributed by atoms with E-state index in [0.717, 1.165) is 11.1 Å². The van der Waals surface area contributed by atoms with Crippen LogP contribution in [0.1, 0.15) is 29.9 Å². The first-order valence-corrected chi connectivity index (χ1v) is 9.54. The molecule has 2 aromatic rings. The summed E-state index contributed by atoms with van der Waals surface area (Å²) in [7, 11) is 0. The minimum Gasteiger partial charge on any atom is -0.481 e. The first kappa shape index (κ1) is 18.5. The number of carboxylic acid groups (broad SMARTS) is 1. The molecule has 6 heteroatoms. The quantitative estimate of drug-likeness (QED) is 0.829. The average molecular weight is 381 g/mol. The summed E-state index contributed by atoms with van der Waals surface area (Å²) in [6.45, 7) is 1.08. The molecule has 0 unspecified atom stereocenters. The van der Waals surface area contributed by atoms with Crippen LogP contribution in [0.5, 0.6) is 0 Å². The summed E-state index contributed by atoms with van der Waals surface area (Å²) in [5.41, 5.74) is 4.67. The third kappa shape index (κ3) is 3.73. The van der Waals surface area contributed by atoms with Gasteiger partial charge in [-0.15, -0.1) is 0 Å². The molecule has 2 aromatic carbocycles. The van der Waals surface area contributed by atoms with Crippen LogP contribution in [0.15, 0.2) is 48.5 Å². The lowest BCUT2D eigenvalue weighted by atomic mass is 9.93. The monoisotopic (exact) mass is 381 g/mol. The van der Waals surface area contributed by atoms with E-state index in [2.05, 4.69) is 29.6 Å². The van der Waals surface area contributed by atoms with E-state index < -0.39 is 12.1 Å². The molecule has 0 bridgehead atoms. The van der Waals surface area contributed by atoms with Crippen molar-refractivity contribution < 1.29 is 24.2 Å². The molecule has 28 heavy (non-hydrogen) atoms. The van der Waals surface area contributed by atoms with Gasteiger partial charge in [-0.3, -0.25) is 4.79 Å². The van der Waals surface area contributed by atoms with E-state index in [9.17, 15) is 9.59 Å². The summed E-state index contributed by atoms with van der Waals surface area (Å²) in [5.74, 6) is -1.13. The largest absolute Gasteiger partial charge is 0.481 e. The molecule has 0 aromatic heterocycles. The van der Waals surface area contributed by atoms with Gasteiger partial charge < -0.3 is 19.9 Å². The second-order valence-electron chi connectivity index (χ2n) is 7.30. The summed E-state index contributed by atoms with van der Waals surface area (Å²) in [6.07, 6.45) is 0.0420. The Morgan fingerprint density at radius 1 is 1.07 bits per heavy atom. The summed E-state index contributed by atoms with van der Waals surface area (Å²) in [6, 6.07) is 16.1. The van der Waals surface area contributed by atoms with Crippen molar-refractivity contribution in [1.29, 1.82) is 0 Å². The molecule has 1 saturated heterocycles. The molecule has 1 amide bonds. The van der Waals surface area contributed by atoms with E-state index in [1.54, 1.807) is 0 Å². The zero-order chi connectivity index (χ0) is 19.5. The molecule has 2 N–H and O–H groups in total. The summed E-state index contributed by atoms with van der Waals surface area (Å²) < 4.78 is 10.9. The fourth-order valence-electron chi connectivity index (χ4n) is 4.20. The Morgan fingerprint density at radius 2 is 1.71 bits per heavy atom. The summed E-state index contributed by atoms with van der Waals surface area (Å²) in [4.78, 5) is 23.4. The Balaban J connectivity index is 1.42. The molecule has 4 rings (SSSR count). The molecular formula is C22H23NO5. The van der Waals surface area contributed by atoms with Crippen LogP contribution in [0.2, 0.25) is 0 Å². The van der Waals surface area contributed by atoms with E-state index in [0.29, 0.717) is 19.6 Å². The second kappa shape index (κ2) is 8.02. The summed E-state index contributed by atoms with van der Waals surface area (Å²) >= 11 is 0. The lowest BCUT2D eigenvalue weighted by molar-refractivity contribution is -0.139. The number of hydrogen-bond donors (Lipinski definition) is 2. The van der Waals surface area contributed by atoms with E-state index >= 15 is 0 Å². The third-order valence-corrected chi connectivity index (χ3v) is 5.56. The summed E-state index contributed by atoms with van der Waals surface area (Å²) in [5, 5.41) is 11.9. The second-order valence-corrected chi connectivity index (χ2v) is 7.30. The molecule has 146 valence electrons. The Morgan fingerprint density at radius 3 is 2.36 bits per heavy atom. The number of rotatable bonds is 5. The van der Waals surface area contributed by atoms with Gasteiger partial charge in [0.1, 0.15) is 6.61 Å². The van der Waals surface area contributed by atoms with Crippen molar-refractivity contribution in [2.75, 3.05) is 19.8 Å². The van der Waals surface area contributed by atoms with Crippen molar-refractivity contribution in [3.8, 4) is 11.1 Å². The van der Waals surface area contributed by atoms with Crippen molar-refractivity contribution in [2.45, 2.75) is 24.8 Å². The maximum Gasteiger partial charge on any atom is 0.407 e. The SMILES string of the molecule is O=C(O)C[C@@H]1COCC[C@H]1NC(=O)OCC1c2ccccc2-c2ccccc21. The zero-order valence-corrected chi connectivity index (χ0v) is 15.5. The Bertz CT molecular complexity index is 835. The molecule has 1 fully saturated rings. The third-order valence-electron chi connectivity index (χ3n) is 5.56. The number of hydrogen-bond acceptors (Lipinski definition) is 4. The number of aliphatic carboxylic acids is 1. The van der Waals surface area contributed by atoms with Gasteiger partial charge in [0, 0.05) is 24.5 Å². The molecule has 0 saturated carbocycles. The van der Waals surface area contributed by atoms with Crippen LogP contribution >= 0.6 is 0 Å². The van der Waals surface area contributed by atoms with Gasteiger partial charge >= 0.3 is 12.1 Å². The van der Waals surface area contributed by atoms with Crippen molar-refractivity contribution >= 4 is 12.1 Å². The molecule has 0 radical (unpaired) electrons. The van der Waals surface area contributed by atoms with Gasteiger partial charge in [0.15, 0.2) is 0 Å². The zero-order valence-electron chi connectivity index (χ0n) is 15.5. The van der Waals surface area contributed by atoms with Gasteiger partial charge in [-0.05, 0) is 28.7 Å². The smallest absolute Gasteiger partial charge is 0.407 e. The number of alkyl carbamates (subject to hydrolysis) is 1. The minimum atomic E-state index is -0.894. The number of carbonyl (C=O) groups excluding carboxylic acids is 1. The highest BCUT2D eigenvalue weighted by Crippen LogP contribution is 2.44. The number of nitrogens with one attached hydrogen (secondary N) is 1. The fourth-order valence-corrected chi connectivity index (χ4v) is 4.20. The van der Waals surface area contributed by atoms with Gasteiger partial charge in [-0.1, -0.05) is 48.5 Å². The number of carbonyl (C=O) groups is 2. The van der Waals surface area contributed by atoms with Gasteiger partial charge in [-0.2, -0.15) is 0 Å². The van der Waals surface area contributed by atoms with Gasteiger partial charge in [0.2, 0.25) is 0 Å². The highest BCUT2D eigenvalue weighted by atomic mass is 16.5. The maximum atomic E-state index is 12.4. The van der Waals surface area contributed by atoms with Gasteiger partial charge in [-0.25, -0.2) is 4.79 Å². The van der Waals surface area contributed by atoms with Crippen molar-refractivity contribution in [1.82, 2.24) is 5.32 Å². The van der Waals surface area contributed by atoms with Gasteiger partial charge in [0.05, 0.1) is 13.0 Å². The van der Waals surface area contributed by atoms with Crippen molar-refractivity contribution in [3.63, 3.8) is 0 Å². The molecule has 0 spiro atoms. The number of carboxylic acids is 1. The van der Waals surface area contributed by atoms with E-state index in [1.807, 2.05) is 24.3 Å². The van der Waals surface area contributed by atoms with Crippen LogP contribution in [-0.4, -0.2) is 43.0 Å². The average Bonchev–Trinajstić information content (AvgIpc) is 3.01. The van der Waals surface area contributed by atoms with Crippen LogP contribution in [-0.2, 0) is 14.3 Å². The standard InChI is InChI=1S/C22H23NO5/c24-21(25)11-14-12-27-10-9-20(14)23-22(26)28-13-19-17-7-3-1-5-15(17)16-6-2-4-8-18(16)19/h1-8,14,19-20H,9-13H2,(H,23,26)(H,24,25)/t14-,20-/m1/s1. The lowest BCUT2D eigenvalue weighted by Gasteiger charge is -2.31. The van der Waals surface area contributed by atoms with Crippen molar-refractivity contribution in [2.24, 2.45) is 5.92 Å². The highest BCUT2D eigenvalue weighted by molar-refractivity contribution is 5.79. The molecule has 1 heterocycles. The first-order valence-electron chi connectivity index (χ1n) is 9.54. The molecule has 2 atom stereocenters. The van der Waals surface area contributed by atoms with Crippen molar-refractivity contribution in [3.05, 3.63) is 59.7 Å². The van der Waals surface area contributed by atoms with Crippen LogP contribution in [0.3, 0.4) is 0 Å².